The lowest BCUT2D eigenvalue weighted by Gasteiger charge is -2.09. The summed E-state index contributed by atoms with van der Waals surface area (Å²) in [5.41, 5.74) is 1.79. The number of ether oxygens (including phenoxy) is 2. The number of methoxy groups -OCH3 is 1. The maximum absolute atomic E-state index is 12.3. The summed E-state index contributed by atoms with van der Waals surface area (Å²) in [6.07, 6.45) is 1.37. The summed E-state index contributed by atoms with van der Waals surface area (Å²) < 4.78 is 10.7. The largest absolute Gasteiger partial charge is 0.489 e. The van der Waals surface area contributed by atoms with Crippen molar-refractivity contribution in [2.24, 2.45) is 11.8 Å². The fourth-order valence-electron chi connectivity index (χ4n) is 2.94. The summed E-state index contributed by atoms with van der Waals surface area (Å²) in [7, 11) is 1.63. The van der Waals surface area contributed by atoms with E-state index in [1.54, 1.807) is 19.2 Å². The lowest BCUT2D eigenvalue weighted by molar-refractivity contribution is -0.125. The second-order valence-corrected chi connectivity index (χ2v) is 6.87. The summed E-state index contributed by atoms with van der Waals surface area (Å²) in [5.74, 6) is 0.0879. The van der Waals surface area contributed by atoms with E-state index in [1.807, 2.05) is 42.5 Å². The van der Waals surface area contributed by atoms with Gasteiger partial charge in [-0.2, -0.15) is 0 Å². The van der Waals surface area contributed by atoms with Crippen LogP contribution in [0.3, 0.4) is 0 Å². The molecule has 1 saturated carbocycles. The van der Waals surface area contributed by atoms with Crippen LogP contribution in [0, 0.1) is 11.8 Å². The van der Waals surface area contributed by atoms with Gasteiger partial charge in [0.15, 0.2) is 0 Å². The van der Waals surface area contributed by atoms with Gasteiger partial charge in [-0.3, -0.25) is 9.59 Å². The number of rotatable bonds is 10. The van der Waals surface area contributed by atoms with Crippen molar-refractivity contribution in [1.82, 2.24) is 5.32 Å². The van der Waals surface area contributed by atoms with Crippen molar-refractivity contribution in [3.63, 3.8) is 0 Å². The first-order valence-electron chi connectivity index (χ1n) is 9.51. The maximum atomic E-state index is 12.3. The predicted molar refractivity (Wildman–Crippen MR) is 107 cm³/mol. The number of amides is 2. The average Bonchev–Trinajstić information content (AvgIpc) is 3.53. The van der Waals surface area contributed by atoms with Crippen LogP contribution in [0.25, 0.3) is 0 Å². The molecule has 2 aromatic rings. The Bertz CT molecular complexity index is 777. The third kappa shape index (κ3) is 5.82. The number of hydrogen-bond donors (Lipinski definition) is 2. The molecule has 0 heterocycles. The van der Waals surface area contributed by atoms with Gasteiger partial charge in [0.05, 0.1) is 11.8 Å². The highest BCUT2D eigenvalue weighted by molar-refractivity contribution is 5.99. The Morgan fingerprint density at radius 3 is 2.43 bits per heavy atom. The molecule has 0 bridgehead atoms. The molecule has 6 heteroatoms. The SMILES string of the molecule is COCCCNC(=O)C1CC1C(=O)Nc1ccc(OCc2ccccc2)cc1. The van der Waals surface area contributed by atoms with Crippen molar-refractivity contribution < 1.29 is 19.1 Å². The molecule has 0 radical (unpaired) electrons. The van der Waals surface area contributed by atoms with E-state index < -0.39 is 0 Å². The lowest BCUT2D eigenvalue weighted by atomic mass is 10.2. The van der Waals surface area contributed by atoms with E-state index >= 15 is 0 Å². The Hall–Kier alpha value is -2.86. The second kappa shape index (κ2) is 9.90. The van der Waals surface area contributed by atoms with Gasteiger partial charge in [-0.1, -0.05) is 30.3 Å². The molecule has 1 aliphatic carbocycles. The molecule has 28 heavy (non-hydrogen) atoms. The Morgan fingerprint density at radius 2 is 1.71 bits per heavy atom. The van der Waals surface area contributed by atoms with Crippen molar-refractivity contribution in [3.05, 3.63) is 60.2 Å². The van der Waals surface area contributed by atoms with Gasteiger partial charge in [0.25, 0.3) is 0 Å². The number of carbonyl (C=O) groups is 2. The van der Waals surface area contributed by atoms with Crippen LogP contribution in [0.4, 0.5) is 5.69 Å². The number of benzene rings is 2. The number of hydrogen-bond acceptors (Lipinski definition) is 4. The molecule has 1 fully saturated rings. The minimum Gasteiger partial charge on any atom is -0.489 e. The summed E-state index contributed by atoms with van der Waals surface area (Å²) in [6.45, 7) is 1.68. The number of carbonyl (C=O) groups excluding carboxylic acids is 2. The zero-order valence-corrected chi connectivity index (χ0v) is 16.0. The standard InChI is InChI=1S/C22H26N2O4/c1-27-13-5-12-23-21(25)19-14-20(19)22(26)24-17-8-10-18(11-9-17)28-15-16-6-3-2-4-7-16/h2-4,6-11,19-20H,5,12-15H2,1H3,(H,23,25)(H,24,26). The quantitative estimate of drug-likeness (QED) is 0.620. The molecule has 6 nitrogen and oxygen atoms in total. The van der Waals surface area contributed by atoms with Crippen LogP contribution >= 0.6 is 0 Å². The molecule has 3 rings (SSSR count). The van der Waals surface area contributed by atoms with E-state index in [0.29, 0.717) is 31.9 Å². The first kappa shape index (κ1) is 19.9. The minimum absolute atomic E-state index is 0.0547. The normalized spacial score (nSPS) is 17.6. The van der Waals surface area contributed by atoms with Crippen LogP contribution in [0.15, 0.2) is 54.6 Å². The molecule has 148 valence electrons. The van der Waals surface area contributed by atoms with Gasteiger partial charge in [-0.25, -0.2) is 0 Å². The fraction of sp³-hybridized carbons (Fsp3) is 0.364. The van der Waals surface area contributed by atoms with E-state index in [4.69, 9.17) is 9.47 Å². The van der Waals surface area contributed by atoms with E-state index in [0.717, 1.165) is 17.7 Å². The van der Waals surface area contributed by atoms with Gasteiger partial charge >= 0.3 is 0 Å². The van der Waals surface area contributed by atoms with E-state index in [9.17, 15) is 9.59 Å². The van der Waals surface area contributed by atoms with Crippen LogP contribution in [-0.2, 0) is 20.9 Å². The molecule has 0 spiro atoms. The van der Waals surface area contributed by atoms with Crippen molar-refractivity contribution >= 4 is 17.5 Å². The summed E-state index contributed by atoms with van der Waals surface area (Å²) in [4.78, 5) is 24.3. The van der Waals surface area contributed by atoms with Crippen LogP contribution < -0.4 is 15.4 Å². The van der Waals surface area contributed by atoms with Gasteiger partial charge in [-0.05, 0) is 42.7 Å². The maximum Gasteiger partial charge on any atom is 0.228 e. The summed E-state index contributed by atoms with van der Waals surface area (Å²) in [6, 6.07) is 17.2. The molecule has 2 amide bonds. The van der Waals surface area contributed by atoms with Crippen LogP contribution in [0.1, 0.15) is 18.4 Å². The van der Waals surface area contributed by atoms with E-state index in [1.165, 1.54) is 0 Å². The smallest absolute Gasteiger partial charge is 0.228 e. The summed E-state index contributed by atoms with van der Waals surface area (Å²) >= 11 is 0. The van der Waals surface area contributed by atoms with Gasteiger partial charge in [0.2, 0.25) is 11.8 Å². The second-order valence-electron chi connectivity index (χ2n) is 6.87. The summed E-state index contributed by atoms with van der Waals surface area (Å²) in [5, 5.41) is 5.72. The van der Waals surface area contributed by atoms with Crippen LogP contribution in [0.5, 0.6) is 5.75 Å². The number of anilines is 1. The Kier molecular flexibility index (Phi) is 7.03. The van der Waals surface area contributed by atoms with Crippen molar-refractivity contribution in [1.29, 1.82) is 0 Å². The van der Waals surface area contributed by atoms with Crippen molar-refractivity contribution in [2.75, 3.05) is 25.6 Å². The Morgan fingerprint density at radius 1 is 1.00 bits per heavy atom. The average molecular weight is 382 g/mol. The third-order valence-electron chi connectivity index (χ3n) is 4.66. The lowest BCUT2D eigenvalue weighted by Crippen LogP contribution is -2.28. The molecule has 0 saturated heterocycles. The monoisotopic (exact) mass is 382 g/mol. The van der Waals surface area contributed by atoms with Gasteiger partial charge in [0, 0.05) is 25.9 Å². The minimum atomic E-state index is -0.253. The van der Waals surface area contributed by atoms with E-state index in [-0.39, 0.29) is 23.7 Å². The zero-order chi connectivity index (χ0) is 19.8. The first-order valence-corrected chi connectivity index (χ1v) is 9.51. The van der Waals surface area contributed by atoms with Crippen LogP contribution in [0.2, 0.25) is 0 Å². The molecule has 2 unspecified atom stereocenters. The molecule has 1 aliphatic rings. The zero-order valence-electron chi connectivity index (χ0n) is 16.0. The Balaban J connectivity index is 1.40. The predicted octanol–water partition coefficient (Wildman–Crippen LogP) is 2.99. The molecular weight excluding hydrogens is 356 g/mol. The molecule has 2 N–H and O–H groups in total. The third-order valence-corrected chi connectivity index (χ3v) is 4.66. The number of nitrogens with one attached hydrogen (secondary N) is 2. The van der Waals surface area contributed by atoms with E-state index in [2.05, 4.69) is 10.6 Å². The molecule has 2 aromatic carbocycles. The van der Waals surface area contributed by atoms with Gasteiger partial charge < -0.3 is 20.1 Å². The molecule has 0 aliphatic heterocycles. The molecule has 0 aromatic heterocycles. The van der Waals surface area contributed by atoms with Gasteiger partial charge in [-0.15, -0.1) is 0 Å². The van der Waals surface area contributed by atoms with Crippen LogP contribution in [-0.4, -0.2) is 32.1 Å². The van der Waals surface area contributed by atoms with Crippen molar-refractivity contribution in [2.45, 2.75) is 19.4 Å². The van der Waals surface area contributed by atoms with Crippen molar-refractivity contribution in [3.8, 4) is 5.75 Å². The first-order chi connectivity index (χ1) is 13.7. The highest BCUT2D eigenvalue weighted by Crippen LogP contribution is 2.39. The fourth-order valence-corrected chi connectivity index (χ4v) is 2.94. The topological polar surface area (TPSA) is 76.7 Å². The van der Waals surface area contributed by atoms with Gasteiger partial charge in [0.1, 0.15) is 12.4 Å². The Labute approximate surface area is 165 Å². The molecular formula is C22H26N2O4. The molecule has 2 atom stereocenters. The highest BCUT2D eigenvalue weighted by Gasteiger charge is 2.47. The highest BCUT2D eigenvalue weighted by atomic mass is 16.5.